The summed E-state index contributed by atoms with van der Waals surface area (Å²) in [6, 6.07) is 0. The Hall–Kier alpha value is -0.980. The molecule has 6 heteroatoms. The van der Waals surface area contributed by atoms with Crippen LogP contribution in [-0.2, 0) is 11.2 Å². The van der Waals surface area contributed by atoms with Crippen LogP contribution in [0.5, 0.6) is 0 Å². The second-order valence-electron chi connectivity index (χ2n) is 5.58. The molecular formula is C13H22N4O2. The van der Waals surface area contributed by atoms with Crippen LogP contribution in [0.4, 0.5) is 0 Å². The molecule has 106 valence electrons. The molecule has 6 nitrogen and oxygen atoms in total. The van der Waals surface area contributed by atoms with Gasteiger partial charge in [-0.25, -0.2) is 0 Å². The van der Waals surface area contributed by atoms with E-state index in [4.69, 9.17) is 9.26 Å². The molecule has 2 aliphatic rings. The highest BCUT2D eigenvalue weighted by Crippen LogP contribution is 2.20. The molecular weight excluding hydrogens is 244 g/mol. The lowest BCUT2D eigenvalue weighted by Gasteiger charge is -2.27. The first-order chi connectivity index (χ1) is 9.31. The molecule has 1 aromatic heterocycles. The van der Waals surface area contributed by atoms with E-state index >= 15 is 0 Å². The molecule has 2 atom stereocenters. The van der Waals surface area contributed by atoms with E-state index in [0.29, 0.717) is 11.7 Å². The lowest BCUT2D eigenvalue weighted by atomic mass is 9.96. The van der Waals surface area contributed by atoms with Crippen molar-refractivity contribution in [3.8, 4) is 0 Å². The maximum atomic E-state index is 5.70. The van der Waals surface area contributed by atoms with E-state index in [1.54, 1.807) is 0 Å². The quantitative estimate of drug-likeness (QED) is 0.865. The van der Waals surface area contributed by atoms with E-state index in [9.17, 15) is 0 Å². The third kappa shape index (κ3) is 3.32. The maximum Gasteiger partial charge on any atom is 0.227 e. The number of aromatic nitrogens is 2. The first-order valence-electron chi connectivity index (χ1n) is 7.14. The van der Waals surface area contributed by atoms with Crippen molar-refractivity contribution in [1.82, 2.24) is 20.4 Å². The van der Waals surface area contributed by atoms with Crippen LogP contribution in [0.1, 0.15) is 30.7 Å². The van der Waals surface area contributed by atoms with Gasteiger partial charge in [0.1, 0.15) is 6.10 Å². The average molecular weight is 266 g/mol. The molecule has 3 heterocycles. The van der Waals surface area contributed by atoms with Gasteiger partial charge in [0.05, 0.1) is 6.61 Å². The van der Waals surface area contributed by atoms with Crippen molar-refractivity contribution in [3.63, 3.8) is 0 Å². The number of morpholine rings is 1. The van der Waals surface area contributed by atoms with Gasteiger partial charge in [0.25, 0.3) is 0 Å². The van der Waals surface area contributed by atoms with Crippen molar-refractivity contribution in [2.45, 2.75) is 25.4 Å². The Labute approximate surface area is 113 Å². The predicted molar refractivity (Wildman–Crippen MR) is 69.8 cm³/mol. The Morgan fingerprint density at radius 2 is 2.42 bits per heavy atom. The van der Waals surface area contributed by atoms with Gasteiger partial charge in [0.2, 0.25) is 11.7 Å². The number of nitrogens with one attached hydrogen (secondary N) is 1. The van der Waals surface area contributed by atoms with Crippen LogP contribution in [0.15, 0.2) is 4.52 Å². The zero-order valence-electron chi connectivity index (χ0n) is 11.5. The Kier molecular flexibility index (Phi) is 4.10. The van der Waals surface area contributed by atoms with Crippen LogP contribution in [0.25, 0.3) is 0 Å². The summed E-state index contributed by atoms with van der Waals surface area (Å²) in [7, 11) is 2.09. The zero-order valence-corrected chi connectivity index (χ0v) is 11.5. The van der Waals surface area contributed by atoms with Crippen LogP contribution < -0.4 is 5.32 Å². The molecule has 3 rings (SSSR count). The molecule has 2 aliphatic heterocycles. The summed E-state index contributed by atoms with van der Waals surface area (Å²) in [4.78, 5) is 6.74. The normalized spacial score (nSPS) is 29.5. The summed E-state index contributed by atoms with van der Waals surface area (Å²) < 4.78 is 11.1. The lowest BCUT2D eigenvalue weighted by Crippen LogP contribution is -2.35. The Bertz CT molecular complexity index is 403. The van der Waals surface area contributed by atoms with E-state index in [1.807, 2.05) is 0 Å². The summed E-state index contributed by atoms with van der Waals surface area (Å²) in [5.41, 5.74) is 0. The highest BCUT2D eigenvalue weighted by molar-refractivity contribution is 4.95. The molecule has 2 fully saturated rings. The third-order valence-electron chi connectivity index (χ3n) is 3.90. The minimum absolute atomic E-state index is 0.0410. The van der Waals surface area contributed by atoms with Gasteiger partial charge in [-0.15, -0.1) is 0 Å². The van der Waals surface area contributed by atoms with Crippen molar-refractivity contribution in [3.05, 3.63) is 11.7 Å². The fourth-order valence-electron chi connectivity index (χ4n) is 2.76. The van der Waals surface area contributed by atoms with Crippen LogP contribution >= 0.6 is 0 Å². The SMILES string of the molecule is CN1CCOC(c2noc(CC3CCCNC3)n2)C1. The van der Waals surface area contributed by atoms with Gasteiger partial charge in [-0.2, -0.15) is 4.98 Å². The first-order valence-corrected chi connectivity index (χ1v) is 7.14. The second-order valence-corrected chi connectivity index (χ2v) is 5.58. The summed E-state index contributed by atoms with van der Waals surface area (Å²) in [5.74, 6) is 2.07. The van der Waals surface area contributed by atoms with Crippen molar-refractivity contribution in [2.75, 3.05) is 39.8 Å². The van der Waals surface area contributed by atoms with Gasteiger partial charge >= 0.3 is 0 Å². The van der Waals surface area contributed by atoms with Crippen LogP contribution in [-0.4, -0.2) is 54.9 Å². The smallest absolute Gasteiger partial charge is 0.227 e. The Morgan fingerprint density at radius 1 is 1.47 bits per heavy atom. The molecule has 2 saturated heterocycles. The van der Waals surface area contributed by atoms with Gasteiger partial charge < -0.3 is 19.5 Å². The van der Waals surface area contributed by atoms with Gasteiger partial charge in [-0.3, -0.25) is 0 Å². The average Bonchev–Trinajstić information content (AvgIpc) is 2.88. The summed E-state index contributed by atoms with van der Waals surface area (Å²) in [6.07, 6.45) is 3.32. The number of ether oxygens (including phenoxy) is 1. The predicted octanol–water partition coefficient (Wildman–Crippen LogP) is 0.615. The highest BCUT2D eigenvalue weighted by Gasteiger charge is 2.25. The summed E-state index contributed by atoms with van der Waals surface area (Å²) >= 11 is 0. The fraction of sp³-hybridized carbons (Fsp3) is 0.846. The van der Waals surface area contributed by atoms with Crippen molar-refractivity contribution in [1.29, 1.82) is 0 Å². The molecule has 1 aromatic rings. The molecule has 0 saturated carbocycles. The number of rotatable bonds is 3. The molecule has 0 aliphatic carbocycles. The Balaban J connectivity index is 1.59. The third-order valence-corrected chi connectivity index (χ3v) is 3.90. The number of nitrogens with zero attached hydrogens (tertiary/aromatic N) is 3. The van der Waals surface area contributed by atoms with E-state index in [1.165, 1.54) is 12.8 Å². The van der Waals surface area contributed by atoms with E-state index in [-0.39, 0.29) is 6.10 Å². The number of hydrogen-bond acceptors (Lipinski definition) is 6. The molecule has 1 N–H and O–H groups in total. The maximum absolute atomic E-state index is 5.70. The summed E-state index contributed by atoms with van der Waals surface area (Å²) in [6.45, 7) is 4.73. The van der Waals surface area contributed by atoms with Crippen LogP contribution in [0.2, 0.25) is 0 Å². The van der Waals surface area contributed by atoms with Gasteiger partial charge in [-0.05, 0) is 38.9 Å². The number of piperidine rings is 1. The van der Waals surface area contributed by atoms with E-state index in [2.05, 4.69) is 27.4 Å². The molecule has 0 bridgehead atoms. The topological polar surface area (TPSA) is 63.4 Å². The highest BCUT2D eigenvalue weighted by atomic mass is 16.5. The molecule has 0 amide bonds. The molecule has 19 heavy (non-hydrogen) atoms. The molecule has 0 spiro atoms. The minimum Gasteiger partial charge on any atom is -0.367 e. The number of hydrogen-bond donors (Lipinski definition) is 1. The van der Waals surface area contributed by atoms with Crippen LogP contribution in [0, 0.1) is 5.92 Å². The Morgan fingerprint density at radius 3 is 3.21 bits per heavy atom. The monoisotopic (exact) mass is 266 g/mol. The standard InChI is InChI=1S/C13H22N4O2/c1-17-5-6-18-11(9-17)13-15-12(19-16-13)7-10-3-2-4-14-8-10/h10-11,14H,2-9H2,1H3. The van der Waals surface area contributed by atoms with Gasteiger partial charge in [0, 0.05) is 19.5 Å². The largest absolute Gasteiger partial charge is 0.367 e. The van der Waals surface area contributed by atoms with Gasteiger partial charge in [-0.1, -0.05) is 5.16 Å². The van der Waals surface area contributed by atoms with Crippen LogP contribution in [0.3, 0.4) is 0 Å². The molecule has 0 radical (unpaired) electrons. The fourth-order valence-corrected chi connectivity index (χ4v) is 2.76. The first kappa shape index (κ1) is 13.0. The summed E-state index contributed by atoms with van der Waals surface area (Å²) in [5, 5.41) is 7.49. The second kappa shape index (κ2) is 5.98. The molecule has 0 aromatic carbocycles. The number of likely N-dealkylation sites (N-methyl/N-ethyl adjacent to an activating group) is 1. The van der Waals surface area contributed by atoms with E-state index < -0.39 is 0 Å². The molecule has 2 unspecified atom stereocenters. The van der Waals surface area contributed by atoms with E-state index in [0.717, 1.165) is 45.1 Å². The lowest BCUT2D eigenvalue weighted by molar-refractivity contribution is -0.0264. The van der Waals surface area contributed by atoms with Crippen molar-refractivity contribution < 1.29 is 9.26 Å². The van der Waals surface area contributed by atoms with Crippen molar-refractivity contribution >= 4 is 0 Å². The van der Waals surface area contributed by atoms with Crippen molar-refractivity contribution in [2.24, 2.45) is 5.92 Å². The van der Waals surface area contributed by atoms with Gasteiger partial charge in [0.15, 0.2) is 0 Å². The minimum atomic E-state index is -0.0410. The zero-order chi connectivity index (χ0) is 13.1.